The number of ether oxygens (including phenoxy) is 1. The molecule has 0 spiro atoms. The van der Waals surface area contributed by atoms with Crippen molar-refractivity contribution in [1.29, 1.82) is 0 Å². The molecule has 2 aromatic rings. The highest BCUT2D eigenvalue weighted by Crippen LogP contribution is 2.30. The molecule has 7 heteroatoms. The van der Waals surface area contributed by atoms with Crippen LogP contribution in [0.25, 0.3) is 11.4 Å². The number of aromatic nitrogens is 2. The lowest BCUT2D eigenvalue weighted by atomic mass is 10.1. The van der Waals surface area contributed by atoms with E-state index < -0.39 is 0 Å². The van der Waals surface area contributed by atoms with Crippen LogP contribution in [0.4, 0.5) is 17.2 Å². The van der Waals surface area contributed by atoms with Gasteiger partial charge in [-0.15, -0.1) is 0 Å². The van der Waals surface area contributed by atoms with Crippen LogP contribution in [0.2, 0.25) is 0 Å². The summed E-state index contributed by atoms with van der Waals surface area (Å²) < 4.78 is 5.43. The number of hydrogen-bond acceptors (Lipinski definition) is 7. The topological polar surface area (TPSA) is 70.8 Å². The van der Waals surface area contributed by atoms with Crippen molar-refractivity contribution in [3.63, 3.8) is 0 Å². The number of morpholine rings is 1. The molecule has 0 amide bonds. The molecule has 2 fully saturated rings. The molecule has 2 N–H and O–H groups in total. The zero-order valence-corrected chi connectivity index (χ0v) is 16.1. The molecule has 1 aromatic heterocycles. The Balaban J connectivity index is 1.56. The highest BCUT2D eigenvalue weighted by Gasteiger charge is 2.22. The molecule has 3 heterocycles. The summed E-state index contributed by atoms with van der Waals surface area (Å²) in [6.07, 6.45) is 1.82. The number of nitrogens with zero attached hydrogens (tertiary/aromatic N) is 5. The molecule has 0 radical (unpaired) electrons. The molecule has 2 aliphatic heterocycles. The van der Waals surface area contributed by atoms with Crippen LogP contribution >= 0.6 is 0 Å². The zero-order chi connectivity index (χ0) is 18.8. The van der Waals surface area contributed by atoms with E-state index in [0.29, 0.717) is 11.9 Å². The predicted molar refractivity (Wildman–Crippen MR) is 109 cm³/mol. The van der Waals surface area contributed by atoms with Gasteiger partial charge in [-0.1, -0.05) is 0 Å². The Bertz CT molecular complexity index is 792. The fourth-order valence-electron chi connectivity index (χ4n) is 3.71. The van der Waals surface area contributed by atoms with Crippen molar-refractivity contribution in [3.05, 3.63) is 30.5 Å². The van der Waals surface area contributed by atoms with Crippen molar-refractivity contribution >= 4 is 17.2 Å². The number of piperazine rings is 1. The van der Waals surface area contributed by atoms with E-state index in [1.54, 1.807) is 0 Å². The van der Waals surface area contributed by atoms with E-state index in [0.717, 1.165) is 68.7 Å². The SMILES string of the molecule is CC1CN(c2ccc(-c3nccc(N4CCOCC4)n3)cc2N)CCN1C. The second-order valence-electron chi connectivity index (χ2n) is 7.39. The summed E-state index contributed by atoms with van der Waals surface area (Å²) in [5, 5.41) is 0. The molecule has 1 atom stereocenters. The zero-order valence-electron chi connectivity index (χ0n) is 16.1. The molecule has 0 aliphatic carbocycles. The van der Waals surface area contributed by atoms with E-state index in [2.05, 4.69) is 45.8 Å². The first-order chi connectivity index (χ1) is 13.1. The van der Waals surface area contributed by atoms with Gasteiger partial charge >= 0.3 is 0 Å². The first-order valence-corrected chi connectivity index (χ1v) is 9.62. The minimum Gasteiger partial charge on any atom is -0.397 e. The summed E-state index contributed by atoms with van der Waals surface area (Å²) in [5.74, 6) is 1.66. The van der Waals surface area contributed by atoms with E-state index >= 15 is 0 Å². The van der Waals surface area contributed by atoms with E-state index in [1.165, 1.54) is 0 Å². The van der Waals surface area contributed by atoms with Crippen LogP contribution in [0.5, 0.6) is 0 Å². The van der Waals surface area contributed by atoms with Gasteiger partial charge in [-0.2, -0.15) is 0 Å². The first-order valence-electron chi connectivity index (χ1n) is 9.62. The molecule has 2 aliphatic rings. The standard InChI is InChI=1S/C20H28N6O/c1-15-14-26(8-7-24(15)2)18-4-3-16(13-17(18)21)20-22-6-5-19(23-20)25-9-11-27-12-10-25/h3-6,13,15H,7-12,14,21H2,1-2H3. The average Bonchev–Trinajstić information content (AvgIpc) is 2.71. The largest absolute Gasteiger partial charge is 0.397 e. The number of likely N-dealkylation sites (N-methyl/N-ethyl adjacent to an activating group) is 1. The van der Waals surface area contributed by atoms with Gasteiger partial charge in [0, 0.05) is 50.5 Å². The second kappa shape index (κ2) is 7.70. The summed E-state index contributed by atoms with van der Waals surface area (Å²) in [7, 11) is 2.17. The van der Waals surface area contributed by atoms with Crippen LogP contribution in [0.3, 0.4) is 0 Å². The van der Waals surface area contributed by atoms with Gasteiger partial charge in [-0.3, -0.25) is 0 Å². The number of hydrogen-bond donors (Lipinski definition) is 1. The van der Waals surface area contributed by atoms with Crippen LogP contribution in [0.15, 0.2) is 30.5 Å². The number of nitrogen functional groups attached to an aromatic ring is 1. The third kappa shape index (κ3) is 3.84. The Morgan fingerprint density at radius 3 is 2.63 bits per heavy atom. The number of anilines is 3. The Labute approximate surface area is 160 Å². The summed E-state index contributed by atoms with van der Waals surface area (Å²) in [6.45, 7) is 8.48. The minimum atomic E-state index is 0.520. The molecular weight excluding hydrogens is 340 g/mol. The van der Waals surface area contributed by atoms with Gasteiger partial charge < -0.3 is 25.2 Å². The lowest BCUT2D eigenvalue weighted by molar-refractivity contribution is 0.122. The molecular formula is C20H28N6O. The summed E-state index contributed by atoms with van der Waals surface area (Å²) in [6, 6.07) is 8.65. The van der Waals surface area contributed by atoms with Gasteiger partial charge in [0.25, 0.3) is 0 Å². The minimum absolute atomic E-state index is 0.520. The maximum absolute atomic E-state index is 6.41. The summed E-state index contributed by atoms with van der Waals surface area (Å²) in [5.41, 5.74) is 9.25. The monoisotopic (exact) mass is 368 g/mol. The Kier molecular flexibility index (Phi) is 5.13. The fraction of sp³-hybridized carbons (Fsp3) is 0.500. The average molecular weight is 368 g/mol. The van der Waals surface area contributed by atoms with Crippen LogP contribution in [-0.4, -0.2) is 73.9 Å². The van der Waals surface area contributed by atoms with Crippen LogP contribution in [0, 0.1) is 0 Å². The van der Waals surface area contributed by atoms with E-state index in [1.807, 2.05) is 18.3 Å². The highest BCUT2D eigenvalue weighted by molar-refractivity contribution is 5.75. The molecule has 2 saturated heterocycles. The number of benzene rings is 1. The number of nitrogens with two attached hydrogens (primary N) is 1. The van der Waals surface area contributed by atoms with Gasteiger partial charge in [-0.05, 0) is 38.2 Å². The highest BCUT2D eigenvalue weighted by atomic mass is 16.5. The normalized spacial score (nSPS) is 21.5. The van der Waals surface area contributed by atoms with Crippen molar-refractivity contribution in [2.75, 3.05) is 68.5 Å². The molecule has 1 aromatic carbocycles. The van der Waals surface area contributed by atoms with E-state index in [4.69, 9.17) is 15.5 Å². The van der Waals surface area contributed by atoms with Crippen LogP contribution in [-0.2, 0) is 4.74 Å². The third-order valence-electron chi connectivity index (χ3n) is 5.56. The van der Waals surface area contributed by atoms with Crippen molar-refractivity contribution in [1.82, 2.24) is 14.9 Å². The van der Waals surface area contributed by atoms with Gasteiger partial charge in [0.1, 0.15) is 5.82 Å². The van der Waals surface area contributed by atoms with E-state index in [9.17, 15) is 0 Å². The van der Waals surface area contributed by atoms with Gasteiger partial charge in [0.05, 0.1) is 24.6 Å². The molecule has 0 saturated carbocycles. The lowest BCUT2D eigenvalue weighted by Gasteiger charge is -2.39. The van der Waals surface area contributed by atoms with Crippen molar-refractivity contribution in [2.45, 2.75) is 13.0 Å². The molecule has 144 valence electrons. The molecule has 7 nitrogen and oxygen atoms in total. The van der Waals surface area contributed by atoms with Crippen LogP contribution in [0.1, 0.15) is 6.92 Å². The summed E-state index contributed by atoms with van der Waals surface area (Å²) in [4.78, 5) is 16.2. The first kappa shape index (κ1) is 18.0. The molecule has 4 rings (SSSR count). The predicted octanol–water partition coefficient (Wildman–Crippen LogP) is 1.70. The summed E-state index contributed by atoms with van der Waals surface area (Å²) >= 11 is 0. The van der Waals surface area contributed by atoms with Gasteiger partial charge in [-0.25, -0.2) is 9.97 Å². The Morgan fingerprint density at radius 1 is 1.07 bits per heavy atom. The van der Waals surface area contributed by atoms with Gasteiger partial charge in [0.15, 0.2) is 5.82 Å². The Hall–Kier alpha value is -2.38. The molecule has 1 unspecified atom stereocenters. The van der Waals surface area contributed by atoms with E-state index in [-0.39, 0.29) is 0 Å². The molecule has 0 bridgehead atoms. The van der Waals surface area contributed by atoms with Crippen molar-refractivity contribution in [3.8, 4) is 11.4 Å². The smallest absolute Gasteiger partial charge is 0.161 e. The third-order valence-corrected chi connectivity index (χ3v) is 5.56. The lowest BCUT2D eigenvalue weighted by Crippen LogP contribution is -2.50. The quantitative estimate of drug-likeness (QED) is 0.827. The Morgan fingerprint density at radius 2 is 1.89 bits per heavy atom. The second-order valence-corrected chi connectivity index (χ2v) is 7.39. The number of rotatable bonds is 3. The van der Waals surface area contributed by atoms with Gasteiger partial charge in [0.2, 0.25) is 0 Å². The van der Waals surface area contributed by atoms with Crippen LogP contribution < -0.4 is 15.5 Å². The fourth-order valence-corrected chi connectivity index (χ4v) is 3.71. The molecule has 27 heavy (non-hydrogen) atoms. The maximum atomic E-state index is 6.41. The van der Waals surface area contributed by atoms with Crippen molar-refractivity contribution in [2.24, 2.45) is 0 Å². The maximum Gasteiger partial charge on any atom is 0.161 e. The van der Waals surface area contributed by atoms with Crippen molar-refractivity contribution < 1.29 is 4.74 Å².